The fraction of sp³-hybridized carbons (Fsp3) is 1.00. The summed E-state index contributed by atoms with van der Waals surface area (Å²) >= 11 is 0. The number of rotatable bonds is 7. The summed E-state index contributed by atoms with van der Waals surface area (Å²) in [5.74, 6) is -0.996. The van der Waals surface area contributed by atoms with Gasteiger partial charge in [0, 0.05) is 12.3 Å². The summed E-state index contributed by atoms with van der Waals surface area (Å²) in [6.07, 6.45) is 10.6. The lowest BCUT2D eigenvalue weighted by molar-refractivity contribution is -0.352. The molecule has 34 heavy (non-hydrogen) atoms. The van der Waals surface area contributed by atoms with Crippen molar-refractivity contribution in [3.05, 3.63) is 0 Å². The van der Waals surface area contributed by atoms with E-state index < -0.39 is 30.2 Å². The van der Waals surface area contributed by atoms with Crippen molar-refractivity contribution < 1.29 is 29.9 Å². The minimum absolute atomic E-state index is 0.0390. The summed E-state index contributed by atoms with van der Waals surface area (Å²) in [5.41, 5.74) is 0. The second kappa shape index (κ2) is 11.9. The van der Waals surface area contributed by atoms with Crippen LogP contribution in [0.3, 0.4) is 0 Å². The third-order valence-corrected chi connectivity index (χ3v) is 9.63. The first-order chi connectivity index (χ1) is 16.3. The third kappa shape index (κ3) is 6.00. The van der Waals surface area contributed by atoms with Crippen LogP contribution in [0.2, 0.25) is 0 Å². The monoisotopic (exact) mass is 482 g/mol. The highest BCUT2D eigenvalue weighted by Crippen LogP contribution is 2.48. The summed E-state index contributed by atoms with van der Waals surface area (Å²) in [6.45, 7) is 4.18. The predicted octanol–water partition coefficient (Wildman–Crippen LogP) is 4.31. The second-order valence-corrected chi connectivity index (χ2v) is 12.2. The minimum atomic E-state index is -1.11. The average molecular weight is 483 g/mol. The number of hydrogen-bond donors (Lipinski definition) is 4. The Kier molecular flexibility index (Phi) is 9.36. The first kappa shape index (κ1) is 26.8. The maximum absolute atomic E-state index is 11.5. The number of hydrogen-bond acceptors (Lipinski definition) is 6. The van der Waals surface area contributed by atoms with Gasteiger partial charge in [-0.25, -0.2) is 0 Å². The van der Waals surface area contributed by atoms with Crippen molar-refractivity contribution in [2.45, 2.75) is 153 Å². The van der Waals surface area contributed by atoms with Gasteiger partial charge in [0.25, 0.3) is 0 Å². The first-order valence-corrected chi connectivity index (χ1v) is 14.4. The molecule has 4 aliphatic carbocycles. The Bertz CT molecular complexity index is 604. The van der Waals surface area contributed by atoms with Crippen molar-refractivity contribution in [1.82, 2.24) is 0 Å². The molecule has 6 heteroatoms. The van der Waals surface area contributed by atoms with Gasteiger partial charge in [-0.05, 0) is 69.1 Å². The summed E-state index contributed by atoms with van der Waals surface area (Å²) in [4.78, 5) is 0. The summed E-state index contributed by atoms with van der Waals surface area (Å²) in [5, 5.41) is 44.4. The number of ether oxygens (including phenoxy) is 2. The van der Waals surface area contributed by atoms with Crippen LogP contribution in [0.1, 0.15) is 110 Å². The van der Waals surface area contributed by atoms with Crippen molar-refractivity contribution >= 4 is 0 Å². The Morgan fingerprint density at radius 3 is 1.85 bits per heavy atom. The van der Waals surface area contributed by atoms with Crippen molar-refractivity contribution in [2.75, 3.05) is 0 Å². The van der Waals surface area contributed by atoms with E-state index in [0.717, 1.165) is 89.9 Å². The van der Waals surface area contributed by atoms with E-state index in [-0.39, 0.29) is 35.9 Å². The lowest BCUT2D eigenvalue weighted by atomic mass is 9.70. The SMILES string of the molecule is CC1CCCC(OC(CC2CCCCC2O)(OC2CCCCC2O)C2CCCC(C)C2O)C1O. The lowest BCUT2D eigenvalue weighted by Crippen LogP contribution is -2.59. The zero-order valence-electron chi connectivity index (χ0n) is 21.5. The summed E-state index contributed by atoms with van der Waals surface area (Å²) in [6, 6.07) is 0. The van der Waals surface area contributed by atoms with E-state index in [1.807, 2.05) is 0 Å². The molecule has 0 heterocycles. The molecule has 0 aliphatic heterocycles. The molecule has 0 aromatic heterocycles. The summed E-state index contributed by atoms with van der Waals surface area (Å²) in [7, 11) is 0. The van der Waals surface area contributed by atoms with Gasteiger partial charge < -0.3 is 29.9 Å². The highest BCUT2D eigenvalue weighted by molar-refractivity contribution is 4.97. The molecule has 198 valence electrons. The fourth-order valence-electron chi connectivity index (χ4n) is 7.32. The minimum Gasteiger partial charge on any atom is -0.393 e. The molecule has 6 nitrogen and oxygen atoms in total. The van der Waals surface area contributed by atoms with Crippen LogP contribution in [-0.2, 0) is 9.47 Å². The standard InChI is InChI=1S/C28H50O6/c1-18-9-7-12-21(26(18)31)28(17-20-11-3-4-13-22(20)29,33-24-15-6-5-14-23(24)30)34-25-16-8-10-19(2)27(25)32/h18-27,29-32H,3-17H2,1-2H3. The van der Waals surface area contributed by atoms with Crippen LogP contribution in [0.25, 0.3) is 0 Å². The second-order valence-electron chi connectivity index (χ2n) is 12.2. The van der Waals surface area contributed by atoms with Gasteiger partial charge in [-0.1, -0.05) is 52.4 Å². The van der Waals surface area contributed by atoms with E-state index in [2.05, 4.69) is 13.8 Å². The third-order valence-electron chi connectivity index (χ3n) is 9.63. The van der Waals surface area contributed by atoms with Crippen LogP contribution in [-0.4, -0.2) is 62.8 Å². The van der Waals surface area contributed by atoms with Gasteiger partial charge in [0.05, 0.1) is 36.6 Å². The molecule has 0 spiro atoms. The van der Waals surface area contributed by atoms with Gasteiger partial charge in [-0.15, -0.1) is 0 Å². The molecule has 0 radical (unpaired) electrons. The first-order valence-electron chi connectivity index (χ1n) is 14.4. The molecule has 0 bridgehead atoms. The van der Waals surface area contributed by atoms with Crippen LogP contribution in [0, 0.1) is 23.7 Å². The van der Waals surface area contributed by atoms with Gasteiger partial charge in [-0.2, -0.15) is 0 Å². The molecular formula is C28H50O6. The molecular weight excluding hydrogens is 432 g/mol. The van der Waals surface area contributed by atoms with Crippen LogP contribution in [0.5, 0.6) is 0 Å². The van der Waals surface area contributed by atoms with Gasteiger partial charge in [0.2, 0.25) is 0 Å². The molecule has 4 aliphatic rings. The molecule has 4 fully saturated rings. The molecule has 4 rings (SSSR count). The number of aliphatic hydroxyl groups is 4. The lowest BCUT2D eigenvalue weighted by Gasteiger charge is -2.52. The van der Waals surface area contributed by atoms with Crippen LogP contribution in [0.15, 0.2) is 0 Å². The quantitative estimate of drug-likeness (QED) is 0.404. The molecule has 4 N–H and O–H groups in total. The van der Waals surface area contributed by atoms with E-state index >= 15 is 0 Å². The Morgan fingerprint density at radius 1 is 0.588 bits per heavy atom. The van der Waals surface area contributed by atoms with Gasteiger partial charge in [0.1, 0.15) is 0 Å². The van der Waals surface area contributed by atoms with Crippen LogP contribution >= 0.6 is 0 Å². The van der Waals surface area contributed by atoms with Crippen molar-refractivity contribution in [3.8, 4) is 0 Å². The van der Waals surface area contributed by atoms with E-state index in [4.69, 9.17) is 9.47 Å². The molecule has 4 saturated carbocycles. The van der Waals surface area contributed by atoms with Crippen molar-refractivity contribution in [3.63, 3.8) is 0 Å². The highest BCUT2D eigenvalue weighted by atomic mass is 16.7. The van der Waals surface area contributed by atoms with Crippen molar-refractivity contribution in [1.29, 1.82) is 0 Å². The highest BCUT2D eigenvalue weighted by Gasteiger charge is 2.53. The zero-order chi connectivity index (χ0) is 24.3. The smallest absolute Gasteiger partial charge is 0.174 e. The molecule has 0 aromatic rings. The van der Waals surface area contributed by atoms with E-state index in [1.165, 1.54) is 0 Å². The molecule has 11 atom stereocenters. The number of aliphatic hydroxyl groups excluding tert-OH is 4. The Hall–Kier alpha value is -0.240. The summed E-state index contributed by atoms with van der Waals surface area (Å²) < 4.78 is 13.9. The van der Waals surface area contributed by atoms with Crippen LogP contribution in [0.4, 0.5) is 0 Å². The predicted molar refractivity (Wildman–Crippen MR) is 131 cm³/mol. The van der Waals surface area contributed by atoms with Gasteiger partial charge in [0.15, 0.2) is 5.79 Å². The van der Waals surface area contributed by atoms with Crippen molar-refractivity contribution in [2.24, 2.45) is 23.7 Å². The van der Waals surface area contributed by atoms with E-state index in [1.54, 1.807) is 0 Å². The fourth-order valence-corrected chi connectivity index (χ4v) is 7.32. The molecule has 0 aromatic carbocycles. The normalized spacial score (nSPS) is 46.1. The Morgan fingerprint density at radius 2 is 1.15 bits per heavy atom. The largest absolute Gasteiger partial charge is 0.393 e. The molecule has 0 amide bonds. The maximum Gasteiger partial charge on any atom is 0.174 e. The average Bonchev–Trinajstić information content (AvgIpc) is 2.82. The Labute approximate surface area is 206 Å². The topological polar surface area (TPSA) is 99.4 Å². The van der Waals surface area contributed by atoms with E-state index in [9.17, 15) is 20.4 Å². The zero-order valence-corrected chi connectivity index (χ0v) is 21.5. The van der Waals surface area contributed by atoms with E-state index in [0.29, 0.717) is 6.42 Å². The van der Waals surface area contributed by atoms with Gasteiger partial charge >= 0.3 is 0 Å². The molecule has 0 saturated heterocycles. The maximum atomic E-state index is 11.5. The Balaban J connectivity index is 1.70. The van der Waals surface area contributed by atoms with Gasteiger partial charge in [-0.3, -0.25) is 0 Å². The van der Waals surface area contributed by atoms with Crippen LogP contribution < -0.4 is 0 Å². The molecule has 11 unspecified atom stereocenters.